The molecule has 0 fully saturated rings. The molecule has 0 aliphatic rings. The van der Waals surface area contributed by atoms with Gasteiger partial charge in [0.05, 0.1) is 5.69 Å². The first-order valence-corrected chi connectivity index (χ1v) is 6.51. The van der Waals surface area contributed by atoms with Crippen molar-refractivity contribution in [2.75, 3.05) is 18.5 Å². The summed E-state index contributed by atoms with van der Waals surface area (Å²) in [6.45, 7) is 9.71. The van der Waals surface area contributed by atoms with Crippen LogP contribution in [0, 0.1) is 0 Å². The average Bonchev–Trinajstić information content (AvgIpc) is 2.37. The monoisotopic (exact) mass is 248 g/mol. The van der Waals surface area contributed by atoms with Gasteiger partial charge in [0.1, 0.15) is 0 Å². The minimum absolute atomic E-state index is 0.466. The van der Waals surface area contributed by atoms with Gasteiger partial charge in [-0.3, -0.25) is 0 Å². The zero-order valence-corrected chi connectivity index (χ0v) is 11.7. The van der Waals surface area contributed by atoms with Gasteiger partial charge in [-0.15, -0.1) is 11.7 Å². The highest BCUT2D eigenvalue weighted by Gasteiger charge is 2.03. The Morgan fingerprint density at radius 2 is 2.17 bits per heavy atom. The van der Waals surface area contributed by atoms with E-state index in [9.17, 15) is 0 Å². The van der Waals surface area contributed by atoms with Crippen LogP contribution in [0.4, 0.5) is 5.82 Å². The first kappa shape index (κ1) is 14.6. The van der Waals surface area contributed by atoms with Gasteiger partial charge in [-0.2, -0.15) is 5.10 Å². The van der Waals surface area contributed by atoms with Crippen molar-refractivity contribution in [3.8, 4) is 0 Å². The van der Waals surface area contributed by atoms with E-state index in [4.69, 9.17) is 0 Å². The van der Waals surface area contributed by atoms with E-state index in [1.807, 2.05) is 25.3 Å². The van der Waals surface area contributed by atoms with Gasteiger partial charge < -0.3 is 10.2 Å². The summed E-state index contributed by atoms with van der Waals surface area (Å²) in [5, 5.41) is 11.8. The molecule has 1 rings (SSSR count). The first-order chi connectivity index (χ1) is 8.63. The molecule has 0 aliphatic carbocycles. The fourth-order valence-electron chi connectivity index (χ4n) is 1.55. The lowest BCUT2D eigenvalue weighted by Crippen LogP contribution is -2.23. The highest BCUT2D eigenvalue weighted by Crippen LogP contribution is 2.08. The third-order valence-corrected chi connectivity index (χ3v) is 2.69. The topological polar surface area (TPSA) is 41.0 Å². The lowest BCUT2D eigenvalue weighted by atomic mass is 10.3. The third-order valence-electron chi connectivity index (χ3n) is 2.69. The van der Waals surface area contributed by atoms with E-state index in [-0.39, 0.29) is 0 Å². The van der Waals surface area contributed by atoms with E-state index in [1.165, 1.54) is 0 Å². The minimum atomic E-state index is 0.466. The molecule has 1 aromatic rings. The number of unbranched alkanes of at least 4 members (excludes halogenated alkanes) is 1. The quantitative estimate of drug-likeness (QED) is 0.566. The van der Waals surface area contributed by atoms with E-state index in [2.05, 4.69) is 40.8 Å². The molecule has 0 unspecified atom stereocenters. The van der Waals surface area contributed by atoms with Crippen molar-refractivity contribution >= 4 is 5.82 Å². The molecular formula is C14H24N4. The summed E-state index contributed by atoms with van der Waals surface area (Å²) in [4.78, 5) is 2.12. The van der Waals surface area contributed by atoms with Crippen LogP contribution in [0.1, 0.15) is 32.4 Å². The van der Waals surface area contributed by atoms with Crippen molar-refractivity contribution < 1.29 is 0 Å². The van der Waals surface area contributed by atoms with Crippen LogP contribution in [0.15, 0.2) is 24.8 Å². The van der Waals surface area contributed by atoms with Crippen LogP contribution >= 0.6 is 0 Å². The Kier molecular flexibility index (Phi) is 6.36. The van der Waals surface area contributed by atoms with Gasteiger partial charge in [-0.1, -0.05) is 19.9 Å². The molecule has 0 aliphatic heterocycles. The molecule has 1 heterocycles. The standard InChI is InChI=1S/C14H24N4/c1-5-6-7-10-18(4)14-9-8-13(16-17-14)11-15-12(2)3/h5,8-9,12,15H,1,6-7,10-11H2,2-4H3. The van der Waals surface area contributed by atoms with E-state index in [0.29, 0.717) is 6.04 Å². The van der Waals surface area contributed by atoms with Gasteiger partial charge in [0.25, 0.3) is 0 Å². The molecule has 0 saturated heterocycles. The molecule has 4 nitrogen and oxygen atoms in total. The molecular weight excluding hydrogens is 224 g/mol. The summed E-state index contributed by atoms with van der Waals surface area (Å²) in [5.74, 6) is 0.923. The Bertz CT molecular complexity index is 345. The zero-order chi connectivity index (χ0) is 13.4. The number of hydrogen-bond acceptors (Lipinski definition) is 4. The second-order valence-electron chi connectivity index (χ2n) is 4.77. The average molecular weight is 248 g/mol. The van der Waals surface area contributed by atoms with Gasteiger partial charge >= 0.3 is 0 Å². The molecule has 18 heavy (non-hydrogen) atoms. The van der Waals surface area contributed by atoms with Crippen molar-refractivity contribution in [1.82, 2.24) is 15.5 Å². The summed E-state index contributed by atoms with van der Waals surface area (Å²) < 4.78 is 0. The van der Waals surface area contributed by atoms with Crippen LogP contribution in [0.25, 0.3) is 0 Å². The lowest BCUT2D eigenvalue weighted by molar-refractivity contribution is 0.577. The van der Waals surface area contributed by atoms with Gasteiger partial charge in [0, 0.05) is 26.2 Å². The number of nitrogens with zero attached hydrogens (tertiary/aromatic N) is 3. The molecule has 0 radical (unpaired) electrons. The van der Waals surface area contributed by atoms with Crippen LogP contribution in [0.3, 0.4) is 0 Å². The maximum atomic E-state index is 4.25. The van der Waals surface area contributed by atoms with Crippen molar-refractivity contribution in [3.05, 3.63) is 30.5 Å². The SMILES string of the molecule is C=CCCCN(C)c1ccc(CNC(C)C)nn1. The number of allylic oxidation sites excluding steroid dienone is 1. The second-order valence-corrected chi connectivity index (χ2v) is 4.77. The first-order valence-electron chi connectivity index (χ1n) is 6.51. The summed E-state index contributed by atoms with van der Waals surface area (Å²) >= 11 is 0. The molecule has 0 bridgehead atoms. The van der Waals surface area contributed by atoms with Crippen LogP contribution in [-0.2, 0) is 6.54 Å². The van der Waals surface area contributed by atoms with E-state index < -0.39 is 0 Å². The molecule has 0 atom stereocenters. The fraction of sp³-hybridized carbons (Fsp3) is 0.571. The van der Waals surface area contributed by atoms with Crippen molar-refractivity contribution in [2.45, 2.75) is 39.3 Å². The van der Waals surface area contributed by atoms with E-state index >= 15 is 0 Å². The lowest BCUT2D eigenvalue weighted by Gasteiger charge is -2.17. The number of hydrogen-bond donors (Lipinski definition) is 1. The van der Waals surface area contributed by atoms with Gasteiger partial charge in [-0.25, -0.2) is 0 Å². The van der Waals surface area contributed by atoms with Gasteiger partial charge in [0.2, 0.25) is 0 Å². The summed E-state index contributed by atoms with van der Waals surface area (Å²) in [6.07, 6.45) is 4.08. The second kappa shape index (κ2) is 7.82. The zero-order valence-electron chi connectivity index (χ0n) is 11.7. The Morgan fingerprint density at radius 1 is 1.39 bits per heavy atom. The fourth-order valence-corrected chi connectivity index (χ4v) is 1.55. The van der Waals surface area contributed by atoms with Crippen molar-refractivity contribution in [3.63, 3.8) is 0 Å². The van der Waals surface area contributed by atoms with Crippen LogP contribution in [0.5, 0.6) is 0 Å². The van der Waals surface area contributed by atoms with Gasteiger partial charge in [0.15, 0.2) is 5.82 Å². The number of nitrogens with one attached hydrogen (secondary N) is 1. The summed E-state index contributed by atoms with van der Waals surface area (Å²) in [6, 6.07) is 4.52. The van der Waals surface area contributed by atoms with E-state index in [1.54, 1.807) is 0 Å². The molecule has 1 N–H and O–H groups in total. The van der Waals surface area contributed by atoms with Gasteiger partial charge in [-0.05, 0) is 25.0 Å². The Hall–Kier alpha value is -1.42. The molecule has 1 aromatic heterocycles. The summed E-state index contributed by atoms with van der Waals surface area (Å²) in [5.41, 5.74) is 0.979. The Morgan fingerprint density at radius 3 is 2.72 bits per heavy atom. The summed E-state index contributed by atoms with van der Waals surface area (Å²) in [7, 11) is 2.04. The maximum Gasteiger partial charge on any atom is 0.150 e. The van der Waals surface area contributed by atoms with Crippen molar-refractivity contribution in [1.29, 1.82) is 0 Å². The van der Waals surface area contributed by atoms with E-state index in [0.717, 1.165) is 37.4 Å². The molecule has 0 amide bonds. The van der Waals surface area contributed by atoms with Crippen molar-refractivity contribution in [2.24, 2.45) is 0 Å². The predicted octanol–water partition coefficient (Wildman–Crippen LogP) is 2.38. The highest BCUT2D eigenvalue weighted by molar-refractivity contribution is 5.35. The molecule has 0 saturated carbocycles. The minimum Gasteiger partial charge on any atom is -0.358 e. The maximum absolute atomic E-state index is 4.25. The number of aromatic nitrogens is 2. The Balaban J connectivity index is 2.45. The number of rotatable bonds is 8. The smallest absolute Gasteiger partial charge is 0.150 e. The Labute approximate surface area is 110 Å². The van der Waals surface area contributed by atoms with Crippen LogP contribution in [0.2, 0.25) is 0 Å². The molecule has 0 aromatic carbocycles. The number of anilines is 1. The van der Waals surface area contributed by atoms with Crippen LogP contribution < -0.4 is 10.2 Å². The van der Waals surface area contributed by atoms with Crippen LogP contribution in [-0.4, -0.2) is 29.8 Å². The normalized spacial score (nSPS) is 10.7. The molecule has 100 valence electrons. The largest absolute Gasteiger partial charge is 0.358 e. The molecule has 0 spiro atoms. The molecule has 4 heteroatoms. The predicted molar refractivity (Wildman–Crippen MR) is 76.7 cm³/mol. The highest BCUT2D eigenvalue weighted by atomic mass is 15.2. The third kappa shape index (κ3) is 5.27.